The van der Waals surface area contributed by atoms with Gasteiger partial charge in [0.05, 0.1) is 11.1 Å². The maximum Gasteiger partial charge on any atom is 0.416 e. The van der Waals surface area contributed by atoms with E-state index in [-0.39, 0.29) is 11.7 Å². The number of thioether (sulfide) groups is 2. The molecule has 0 saturated carbocycles. The van der Waals surface area contributed by atoms with Gasteiger partial charge < -0.3 is 31.3 Å². The molecule has 0 aliphatic heterocycles. The molecule has 0 aliphatic carbocycles. The van der Waals surface area contributed by atoms with Crippen LogP contribution >= 0.6 is 36.2 Å². The zero-order chi connectivity index (χ0) is 37.6. The van der Waals surface area contributed by atoms with E-state index in [1.165, 1.54) is 25.9 Å². The molecule has 4 amide bonds. The van der Waals surface area contributed by atoms with Crippen molar-refractivity contribution in [2.75, 3.05) is 31.4 Å². The average Bonchev–Trinajstić information content (AvgIpc) is 2.98. The normalized spacial score (nSPS) is 13.2. The molecule has 270 valence electrons. The monoisotopic (exact) mass is 752 g/mol. The first-order valence-corrected chi connectivity index (χ1v) is 16.4. The SMILES string of the molecule is CC(=O)NC(CSC(=O)c1ccc(C(F)(F)F)cc1OC(=O)C(CSC(=O)C(CS)NC(C)=O)NC(C)=O)C(=O)N/C(N)=N/C(=N)N(C)C. The van der Waals surface area contributed by atoms with E-state index in [1.54, 1.807) is 0 Å². The van der Waals surface area contributed by atoms with Gasteiger partial charge in [0, 0.05) is 52.1 Å². The van der Waals surface area contributed by atoms with Gasteiger partial charge in [0.2, 0.25) is 45.8 Å². The first-order chi connectivity index (χ1) is 22.7. The molecular weight excluding hydrogens is 718 g/mol. The van der Waals surface area contributed by atoms with Crippen LogP contribution in [0.15, 0.2) is 23.2 Å². The molecule has 16 nitrogen and oxygen atoms in total. The number of nitrogens with zero attached hydrogens (tertiary/aromatic N) is 2. The van der Waals surface area contributed by atoms with Crippen LogP contribution in [0.3, 0.4) is 0 Å². The third-order valence-corrected chi connectivity index (χ3v) is 8.03. The number of carbonyl (C=O) groups is 7. The maximum absolute atomic E-state index is 13.6. The number of thiol groups is 1. The minimum Gasteiger partial charge on any atom is -0.424 e. The molecule has 0 saturated heterocycles. The molecule has 1 aromatic carbocycles. The highest BCUT2D eigenvalue weighted by Crippen LogP contribution is 2.34. The summed E-state index contributed by atoms with van der Waals surface area (Å²) in [6, 6.07) is -2.39. The van der Waals surface area contributed by atoms with E-state index < -0.39 is 98.5 Å². The summed E-state index contributed by atoms with van der Waals surface area (Å²) in [7, 11) is 2.98. The van der Waals surface area contributed by atoms with Crippen LogP contribution in [0.4, 0.5) is 13.2 Å². The van der Waals surface area contributed by atoms with Crippen molar-refractivity contribution in [1.29, 1.82) is 5.41 Å². The highest BCUT2D eigenvalue weighted by Gasteiger charge is 2.34. The van der Waals surface area contributed by atoms with Gasteiger partial charge in [-0.25, -0.2) is 4.79 Å². The molecule has 22 heteroatoms. The van der Waals surface area contributed by atoms with Gasteiger partial charge in [0.25, 0.3) is 0 Å². The number of ether oxygens (including phenoxy) is 1. The quantitative estimate of drug-likeness (QED) is 0.0467. The molecule has 49 heavy (non-hydrogen) atoms. The lowest BCUT2D eigenvalue weighted by Gasteiger charge is -2.20. The smallest absolute Gasteiger partial charge is 0.416 e. The predicted octanol–water partition coefficient (Wildman–Crippen LogP) is 0.115. The Bertz CT molecular complexity index is 1490. The Morgan fingerprint density at radius 3 is 1.98 bits per heavy atom. The van der Waals surface area contributed by atoms with Crippen LogP contribution in [0.2, 0.25) is 0 Å². The molecule has 1 rings (SSSR count). The number of alkyl halides is 3. The van der Waals surface area contributed by atoms with Crippen LogP contribution in [0, 0.1) is 5.41 Å². The molecule has 0 radical (unpaired) electrons. The molecule has 3 unspecified atom stereocenters. The number of benzene rings is 1. The Morgan fingerprint density at radius 2 is 1.47 bits per heavy atom. The lowest BCUT2D eigenvalue weighted by atomic mass is 10.1. The standard InChI is InChI=1S/C27H35F3N8O8S3/c1-12(39)33-17(9-47)24(45)49-11-19(35-14(3)41)22(43)46-20-8-15(27(28,29)30)6-7-16(20)23(44)48-10-18(34-13(2)40)21(42)36-25(31)37-26(32)38(4)5/h6-8,17-19,47H,9-11H2,1-5H3,(H,33,39)(H,34,40)(H,35,41)(H4,31,32,36,37,42). The number of aliphatic imine (C=N–C) groups is 1. The molecule has 0 spiro atoms. The fourth-order valence-electron chi connectivity index (χ4n) is 3.36. The topological polar surface area (TPSA) is 242 Å². The Morgan fingerprint density at radius 1 is 0.939 bits per heavy atom. The van der Waals surface area contributed by atoms with Gasteiger partial charge in [0.1, 0.15) is 23.9 Å². The van der Waals surface area contributed by atoms with Crippen molar-refractivity contribution in [3.05, 3.63) is 29.3 Å². The number of hydrogen-bond donors (Lipinski definition) is 7. The summed E-state index contributed by atoms with van der Waals surface area (Å²) >= 11 is 4.88. The van der Waals surface area contributed by atoms with Crippen molar-refractivity contribution in [3.63, 3.8) is 0 Å². The second kappa shape index (κ2) is 19.6. The first kappa shape index (κ1) is 42.7. The molecular formula is C27H35F3N8O8S3. The number of nitrogens with two attached hydrogens (primary N) is 1. The van der Waals surface area contributed by atoms with E-state index in [1.807, 2.05) is 0 Å². The average molecular weight is 753 g/mol. The Hall–Kier alpha value is -4.31. The van der Waals surface area contributed by atoms with Crippen LogP contribution in [0.1, 0.15) is 36.7 Å². The van der Waals surface area contributed by atoms with Gasteiger partial charge in [0.15, 0.2) is 0 Å². The number of guanidine groups is 2. The molecule has 0 heterocycles. The summed E-state index contributed by atoms with van der Waals surface area (Å²) in [5.74, 6) is -6.97. The van der Waals surface area contributed by atoms with Crippen LogP contribution in [-0.2, 0) is 34.9 Å². The molecule has 1 aromatic rings. The van der Waals surface area contributed by atoms with Crippen LogP contribution < -0.4 is 31.7 Å². The summed E-state index contributed by atoms with van der Waals surface area (Å²) in [5.41, 5.74) is 3.80. The minimum atomic E-state index is -4.93. The van der Waals surface area contributed by atoms with Crippen LogP contribution in [0.25, 0.3) is 0 Å². The van der Waals surface area contributed by atoms with Crippen LogP contribution in [-0.4, -0.2) is 106 Å². The first-order valence-electron chi connectivity index (χ1n) is 13.8. The van der Waals surface area contributed by atoms with Gasteiger partial charge in [-0.2, -0.15) is 30.8 Å². The summed E-state index contributed by atoms with van der Waals surface area (Å²) < 4.78 is 45.9. The lowest BCUT2D eigenvalue weighted by molar-refractivity contribution is -0.140. The highest BCUT2D eigenvalue weighted by molar-refractivity contribution is 8.14. The van der Waals surface area contributed by atoms with Crippen molar-refractivity contribution in [2.24, 2.45) is 10.7 Å². The number of nitrogens with one attached hydrogen (secondary N) is 5. The van der Waals surface area contributed by atoms with E-state index in [9.17, 15) is 46.7 Å². The van der Waals surface area contributed by atoms with Gasteiger partial charge in [-0.3, -0.25) is 39.5 Å². The Balaban J connectivity index is 3.32. The highest BCUT2D eigenvalue weighted by atomic mass is 32.2. The number of carbonyl (C=O) groups excluding carboxylic acids is 7. The van der Waals surface area contributed by atoms with Crippen molar-refractivity contribution < 1.29 is 51.5 Å². The van der Waals surface area contributed by atoms with E-state index in [0.29, 0.717) is 35.7 Å². The fourth-order valence-corrected chi connectivity index (χ4v) is 5.51. The van der Waals surface area contributed by atoms with E-state index in [2.05, 4.69) is 38.9 Å². The maximum atomic E-state index is 13.6. The van der Waals surface area contributed by atoms with E-state index in [4.69, 9.17) is 15.9 Å². The Labute approximate surface area is 292 Å². The van der Waals surface area contributed by atoms with Gasteiger partial charge in [-0.1, -0.05) is 23.5 Å². The molecule has 0 aromatic heterocycles. The van der Waals surface area contributed by atoms with Gasteiger partial charge >= 0.3 is 12.1 Å². The second-order valence-corrected chi connectivity index (χ2v) is 12.4. The summed E-state index contributed by atoms with van der Waals surface area (Å²) in [6.45, 7) is 3.28. The minimum absolute atomic E-state index is 0.0966. The van der Waals surface area contributed by atoms with Crippen molar-refractivity contribution in [3.8, 4) is 5.75 Å². The number of esters is 1. The summed E-state index contributed by atoms with van der Waals surface area (Å²) in [6.07, 6.45) is -4.93. The van der Waals surface area contributed by atoms with Gasteiger partial charge in [-0.05, 0) is 18.2 Å². The Kier molecular flexibility index (Phi) is 17.1. The predicted molar refractivity (Wildman–Crippen MR) is 179 cm³/mol. The van der Waals surface area contributed by atoms with Crippen LogP contribution in [0.5, 0.6) is 5.75 Å². The molecule has 0 aliphatic rings. The molecule has 0 fully saturated rings. The number of halogens is 3. The zero-order valence-electron chi connectivity index (χ0n) is 26.7. The third kappa shape index (κ3) is 15.2. The molecule has 3 atom stereocenters. The van der Waals surface area contributed by atoms with E-state index in [0.717, 1.165) is 19.9 Å². The second-order valence-electron chi connectivity index (χ2n) is 10.0. The number of amides is 4. The van der Waals surface area contributed by atoms with E-state index >= 15 is 0 Å². The zero-order valence-corrected chi connectivity index (χ0v) is 29.2. The number of hydrogen-bond acceptors (Lipinski definition) is 12. The van der Waals surface area contributed by atoms with Gasteiger partial charge in [-0.15, -0.1) is 0 Å². The molecule has 7 N–H and O–H groups in total. The van der Waals surface area contributed by atoms with Crippen molar-refractivity contribution in [1.82, 2.24) is 26.2 Å². The largest absolute Gasteiger partial charge is 0.424 e. The van der Waals surface area contributed by atoms with Crippen molar-refractivity contribution >= 4 is 87.9 Å². The lowest BCUT2D eigenvalue weighted by Crippen LogP contribution is -2.51. The molecule has 0 bridgehead atoms. The summed E-state index contributed by atoms with van der Waals surface area (Å²) in [5, 5.41) is 15.1. The fraction of sp³-hybridized carbons (Fsp3) is 0.444. The summed E-state index contributed by atoms with van der Waals surface area (Å²) in [4.78, 5) is 91.5. The van der Waals surface area contributed by atoms with Crippen molar-refractivity contribution in [2.45, 2.75) is 45.1 Å². The third-order valence-electron chi connectivity index (χ3n) is 5.61. The number of rotatable bonds is 13.